The zero-order valence-electron chi connectivity index (χ0n) is 16.0. The molecule has 3 rings (SSSR count). The van der Waals surface area contributed by atoms with Crippen LogP contribution in [0, 0.1) is 0 Å². The van der Waals surface area contributed by atoms with Crippen LogP contribution in [-0.2, 0) is 11.8 Å². The number of halogens is 2. The number of para-hydroxylation sites is 1. The van der Waals surface area contributed by atoms with Gasteiger partial charge in [-0.15, -0.1) is 0 Å². The van der Waals surface area contributed by atoms with Crippen LogP contribution >= 0.6 is 23.2 Å². The fraction of sp³-hybridized carbons (Fsp3) is 0.190. The molecule has 0 radical (unpaired) electrons. The number of aryl methyl sites for hydroxylation is 1. The lowest BCUT2D eigenvalue weighted by Crippen LogP contribution is -2.20. The molecule has 0 saturated carbocycles. The van der Waals surface area contributed by atoms with Crippen molar-refractivity contribution < 1.29 is 14.3 Å². The standard InChI is InChI=1S/C21H19Cl2N3O3/c1-4-12(2)21(28)14-8-9-16(19(23)18(14)22)29-11-17(27)25-15-7-5-6-13-10-24-26(3)20(13)15/h5-10H,2,4,11H2,1,3H3,(H,25,27). The van der Waals surface area contributed by atoms with Crippen molar-refractivity contribution in [2.45, 2.75) is 13.3 Å². The molecule has 150 valence electrons. The fourth-order valence-corrected chi connectivity index (χ4v) is 3.29. The van der Waals surface area contributed by atoms with E-state index in [1.54, 1.807) is 24.0 Å². The number of amides is 1. The minimum Gasteiger partial charge on any atom is -0.482 e. The molecule has 0 aliphatic carbocycles. The smallest absolute Gasteiger partial charge is 0.262 e. The molecular weight excluding hydrogens is 413 g/mol. The first-order valence-corrected chi connectivity index (χ1v) is 9.63. The summed E-state index contributed by atoms with van der Waals surface area (Å²) in [5.74, 6) is -0.428. The third-order valence-corrected chi connectivity index (χ3v) is 5.30. The number of aromatic nitrogens is 2. The van der Waals surface area contributed by atoms with Crippen LogP contribution in [0.4, 0.5) is 5.69 Å². The molecule has 6 nitrogen and oxygen atoms in total. The van der Waals surface area contributed by atoms with E-state index in [0.29, 0.717) is 17.7 Å². The van der Waals surface area contributed by atoms with E-state index in [1.807, 2.05) is 19.1 Å². The number of ketones is 1. The van der Waals surface area contributed by atoms with Crippen LogP contribution in [0.5, 0.6) is 5.75 Å². The number of rotatable bonds is 7. The van der Waals surface area contributed by atoms with Crippen molar-refractivity contribution in [2.75, 3.05) is 11.9 Å². The summed E-state index contributed by atoms with van der Waals surface area (Å²) in [6.07, 6.45) is 2.23. The van der Waals surface area contributed by atoms with Gasteiger partial charge >= 0.3 is 0 Å². The summed E-state index contributed by atoms with van der Waals surface area (Å²) >= 11 is 12.5. The second kappa shape index (κ2) is 8.68. The highest BCUT2D eigenvalue weighted by atomic mass is 35.5. The summed E-state index contributed by atoms with van der Waals surface area (Å²) in [6, 6.07) is 8.55. The van der Waals surface area contributed by atoms with Gasteiger partial charge in [-0.2, -0.15) is 5.10 Å². The Morgan fingerprint density at radius 3 is 2.69 bits per heavy atom. The Morgan fingerprint density at radius 1 is 1.21 bits per heavy atom. The monoisotopic (exact) mass is 431 g/mol. The molecule has 1 aromatic heterocycles. The van der Waals surface area contributed by atoms with Gasteiger partial charge in [0.15, 0.2) is 12.4 Å². The lowest BCUT2D eigenvalue weighted by molar-refractivity contribution is -0.118. The van der Waals surface area contributed by atoms with Gasteiger partial charge in [0.25, 0.3) is 5.91 Å². The van der Waals surface area contributed by atoms with E-state index in [9.17, 15) is 9.59 Å². The van der Waals surface area contributed by atoms with E-state index in [2.05, 4.69) is 17.0 Å². The van der Waals surface area contributed by atoms with E-state index in [1.165, 1.54) is 12.1 Å². The molecule has 3 aromatic rings. The third-order valence-electron chi connectivity index (χ3n) is 4.43. The second-order valence-electron chi connectivity index (χ2n) is 6.37. The summed E-state index contributed by atoms with van der Waals surface area (Å²) in [5.41, 5.74) is 2.11. The predicted molar refractivity (Wildman–Crippen MR) is 115 cm³/mol. The van der Waals surface area contributed by atoms with Gasteiger partial charge in [-0.25, -0.2) is 0 Å². The van der Waals surface area contributed by atoms with E-state index in [4.69, 9.17) is 27.9 Å². The van der Waals surface area contributed by atoms with Crippen molar-refractivity contribution in [1.82, 2.24) is 9.78 Å². The van der Waals surface area contributed by atoms with E-state index < -0.39 is 0 Å². The first-order chi connectivity index (χ1) is 13.8. The van der Waals surface area contributed by atoms with E-state index >= 15 is 0 Å². The first-order valence-electron chi connectivity index (χ1n) is 8.87. The Kier molecular flexibility index (Phi) is 6.25. The Bertz CT molecular complexity index is 1120. The van der Waals surface area contributed by atoms with Crippen molar-refractivity contribution in [3.8, 4) is 5.75 Å². The van der Waals surface area contributed by atoms with Crippen LogP contribution in [0.1, 0.15) is 23.7 Å². The molecule has 1 N–H and O–H groups in total. The SMILES string of the molecule is C=C(CC)C(=O)c1ccc(OCC(=O)Nc2cccc3cnn(C)c23)c(Cl)c1Cl. The van der Waals surface area contributed by atoms with Crippen LogP contribution in [0.3, 0.4) is 0 Å². The average molecular weight is 432 g/mol. The summed E-state index contributed by atoms with van der Waals surface area (Å²) in [4.78, 5) is 24.6. The van der Waals surface area contributed by atoms with Crippen molar-refractivity contribution in [3.05, 3.63) is 64.3 Å². The molecule has 1 amide bonds. The Balaban J connectivity index is 1.72. The van der Waals surface area contributed by atoms with Gasteiger partial charge in [-0.05, 0) is 30.2 Å². The van der Waals surface area contributed by atoms with Crippen LogP contribution < -0.4 is 10.1 Å². The van der Waals surface area contributed by atoms with Gasteiger partial charge in [0.2, 0.25) is 0 Å². The van der Waals surface area contributed by atoms with Gasteiger partial charge in [0, 0.05) is 18.0 Å². The number of hydrogen-bond acceptors (Lipinski definition) is 4. The summed E-state index contributed by atoms with van der Waals surface area (Å²) < 4.78 is 7.20. The molecule has 0 aliphatic rings. The van der Waals surface area contributed by atoms with Crippen LogP contribution in [0.15, 0.2) is 48.7 Å². The van der Waals surface area contributed by atoms with Crippen LogP contribution in [0.25, 0.3) is 10.9 Å². The molecule has 0 aliphatic heterocycles. The van der Waals surface area contributed by atoms with Gasteiger partial charge < -0.3 is 10.1 Å². The van der Waals surface area contributed by atoms with E-state index in [0.717, 1.165) is 10.9 Å². The molecule has 0 fully saturated rings. The lowest BCUT2D eigenvalue weighted by Gasteiger charge is -2.12. The Morgan fingerprint density at radius 2 is 1.97 bits per heavy atom. The maximum absolute atomic E-state index is 12.4. The molecule has 0 unspecified atom stereocenters. The molecule has 2 aromatic carbocycles. The number of fused-ring (bicyclic) bond motifs is 1. The number of allylic oxidation sites excluding steroid dienone is 1. The number of Topliss-reactive ketones (excluding diaryl/α,β-unsaturated/α-hetero) is 1. The second-order valence-corrected chi connectivity index (χ2v) is 7.13. The van der Waals surface area contributed by atoms with Crippen LogP contribution in [0.2, 0.25) is 10.0 Å². The zero-order valence-corrected chi connectivity index (χ0v) is 17.5. The number of carbonyl (C=O) groups is 2. The molecule has 0 saturated heterocycles. The van der Waals surface area contributed by atoms with Gasteiger partial charge in [-0.3, -0.25) is 14.3 Å². The molecule has 0 bridgehead atoms. The molecule has 0 atom stereocenters. The largest absolute Gasteiger partial charge is 0.482 e. The number of carbonyl (C=O) groups excluding carboxylic acids is 2. The molecular formula is C21H19Cl2N3O3. The van der Waals surface area contributed by atoms with Gasteiger partial charge in [0.1, 0.15) is 10.8 Å². The van der Waals surface area contributed by atoms with Gasteiger partial charge in [0.05, 0.1) is 22.4 Å². The first kappa shape index (κ1) is 20.9. The number of hydrogen-bond donors (Lipinski definition) is 1. The Hall–Kier alpha value is -2.83. The van der Waals surface area contributed by atoms with Crippen molar-refractivity contribution in [2.24, 2.45) is 7.05 Å². The van der Waals surface area contributed by atoms with Crippen LogP contribution in [-0.4, -0.2) is 28.1 Å². The highest BCUT2D eigenvalue weighted by Gasteiger charge is 2.19. The maximum atomic E-state index is 12.4. The molecule has 8 heteroatoms. The molecule has 0 spiro atoms. The lowest BCUT2D eigenvalue weighted by atomic mass is 10.0. The number of anilines is 1. The maximum Gasteiger partial charge on any atom is 0.262 e. The van der Waals surface area contributed by atoms with Crippen molar-refractivity contribution >= 4 is 51.5 Å². The summed E-state index contributed by atoms with van der Waals surface area (Å²) in [6.45, 7) is 5.28. The Labute approximate surface area is 178 Å². The quantitative estimate of drug-likeness (QED) is 0.419. The van der Waals surface area contributed by atoms with Gasteiger partial charge in [-0.1, -0.05) is 48.8 Å². The number of nitrogens with one attached hydrogen (secondary N) is 1. The van der Waals surface area contributed by atoms with Crippen molar-refractivity contribution in [3.63, 3.8) is 0 Å². The zero-order chi connectivity index (χ0) is 21.1. The third kappa shape index (κ3) is 4.28. The highest BCUT2D eigenvalue weighted by molar-refractivity contribution is 6.45. The number of benzene rings is 2. The fourth-order valence-electron chi connectivity index (χ4n) is 2.83. The predicted octanol–water partition coefficient (Wildman–Crippen LogP) is 5.05. The topological polar surface area (TPSA) is 73.2 Å². The minimum absolute atomic E-state index is 0.0722. The normalized spacial score (nSPS) is 10.8. The number of ether oxygens (including phenoxy) is 1. The minimum atomic E-state index is -0.370. The van der Waals surface area contributed by atoms with E-state index in [-0.39, 0.29) is 39.7 Å². The molecule has 29 heavy (non-hydrogen) atoms. The molecule has 1 heterocycles. The average Bonchev–Trinajstić information content (AvgIpc) is 3.10. The highest BCUT2D eigenvalue weighted by Crippen LogP contribution is 2.35. The number of nitrogens with zero attached hydrogens (tertiary/aromatic N) is 2. The summed E-state index contributed by atoms with van der Waals surface area (Å²) in [7, 11) is 1.80. The van der Waals surface area contributed by atoms with Crippen molar-refractivity contribution in [1.29, 1.82) is 0 Å². The summed E-state index contributed by atoms with van der Waals surface area (Å²) in [5, 5.41) is 8.05.